The normalized spacial score (nSPS) is 12.2. The van der Waals surface area contributed by atoms with Gasteiger partial charge in [0.25, 0.3) is 0 Å². The van der Waals surface area contributed by atoms with Crippen molar-refractivity contribution in [2.45, 2.75) is 6.04 Å². The smallest absolute Gasteiger partial charge is 0.123 e. The van der Waals surface area contributed by atoms with Crippen LogP contribution in [0.3, 0.4) is 0 Å². The molecule has 1 atom stereocenters. The number of nitrogens with zero attached hydrogens (tertiary/aromatic N) is 2. The molecule has 2 heterocycles. The Morgan fingerprint density at radius 1 is 1.00 bits per heavy atom. The van der Waals surface area contributed by atoms with E-state index in [-0.39, 0.29) is 11.9 Å². The van der Waals surface area contributed by atoms with Crippen LogP contribution < -0.4 is 0 Å². The zero-order valence-corrected chi connectivity index (χ0v) is 14.0. The first-order valence-corrected chi connectivity index (χ1v) is 8.26. The molecule has 0 aliphatic heterocycles. The van der Waals surface area contributed by atoms with Gasteiger partial charge in [-0.1, -0.05) is 41.9 Å². The minimum Gasteiger partial charge on any atom is -0.367 e. The second-order valence-electron chi connectivity index (χ2n) is 5.77. The maximum Gasteiger partial charge on any atom is 0.123 e. The Morgan fingerprint density at radius 3 is 2.52 bits per heavy atom. The molecule has 0 aliphatic carbocycles. The van der Waals surface area contributed by atoms with Gasteiger partial charge in [-0.2, -0.15) is 0 Å². The number of H-pyrrole nitrogens is 1. The predicted molar refractivity (Wildman–Crippen MR) is 97.1 cm³/mol. The maximum absolute atomic E-state index is 13.4. The van der Waals surface area contributed by atoms with Gasteiger partial charge in [0.05, 0.1) is 12.4 Å². The molecule has 0 saturated heterocycles. The monoisotopic (exact) mass is 351 g/mol. The Labute approximate surface area is 149 Å². The van der Waals surface area contributed by atoms with Crippen LogP contribution in [-0.2, 0) is 0 Å². The van der Waals surface area contributed by atoms with Crippen molar-refractivity contribution < 1.29 is 4.39 Å². The van der Waals surface area contributed by atoms with Crippen LogP contribution in [0.2, 0.25) is 5.02 Å². The van der Waals surface area contributed by atoms with E-state index in [9.17, 15) is 4.39 Å². The molecule has 0 aliphatic rings. The molecule has 2 aromatic carbocycles. The summed E-state index contributed by atoms with van der Waals surface area (Å²) in [6, 6.07) is 14.1. The first-order chi connectivity index (χ1) is 12.2. The third-order valence-corrected chi connectivity index (χ3v) is 4.57. The van der Waals surface area contributed by atoms with Crippen molar-refractivity contribution in [3.63, 3.8) is 0 Å². The van der Waals surface area contributed by atoms with Gasteiger partial charge in [-0.05, 0) is 23.8 Å². The third-order valence-electron chi connectivity index (χ3n) is 4.24. The average molecular weight is 352 g/mol. The zero-order chi connectivity index (χ0) is 17.2. The lowest BCUT2D eigenvalue weighted by atomic mass is 9.94. The van der Waals surface area contributed by atoms with E-state index in [2.05, 4.69) is 9.97 Å². The van der Waals surface area contributed by atoms with Crippen molar-refractivity contribution in [1.29, 1.82) is 0 Å². The molecule has 0 amide bonds. The Hall–Kier alpha value is -2.85. The van der Waals surface area contributed by atoms with E-state index in [1.165, 1.54) is 12.1 Å². The van der Waals surface area contributed by atoms with Gasteiger partial charge < -0.3 is 9.55 Å². The molecule has 0 fully saturated rings. The van der Waals surface area contributed by atoms with Crippen LogP contribution >= 0.6 is 11.6 Å². The largest absolute Gasteiger partial charge is 0.367 e. The number of rotatable bonds is 4. The summed E-state index contributed by atoms with van der Waals surface area (Å²) in [5, 5.41) is 0.687. The molecule has 0 spiro atoms. The van der Waals surface area contributed by atoms with Crippen LogP contribution in [0.5, 0.6) is 0 Å². The van der Waals surface area contributed by atoms with E-state index in [1.54, 1.807) is 24.7 Å². The molecule has 2 aromatic heterocycles. The first-order valence-electron chi connectivity index (χ1n) is 7.88. The van der Waals surface area contributed by atoms with Crippen molar-refractivity contribution in [1.82, 2.24) is 14.5 Å². The van der Waals surface area contributed by atoms with Gasteiger partial charge in [-0.25, -0.2) is 9.37 Å². The fourth-order valence-corrected chi connectivity index (χ4v) is 3.33. The zero-order valence-electron chi connectivity index (χ0n) is 13.2. The van der Waals surface area contributed by atoms with Gasteiger partial charge in [-0.15, -0.1) is 0 Å². The molecule has 0 radical (unpaired) electrons. The van der Waals surface area contributed by atoms with Crippen LogP contribution in [0.4, 0.5) is 4.39 Å². The van der Waals surface area contributed by atoms with Gasteiger partial charge in [0.15, 0.2) is 0 Å². The van der Waals surface area contributed by atoms with Gasteiger partial charge in [0, 0.05) is 46.5 Å². The lowest BCUT2D eigenvalue weighted by Gasteiger charge is -2.20. The van der Waals surface area contributed by atoms with Crippen molar-refractivity contribution in [3.05, 3.63) is 102 Å². The maximum atomic E-state index is 13.4. The van der Waals surface area contributed by atoms with Gasteiger partial charge in [0.2, 0.25) is 0 Å². The number of halogens is 2. The van der Waals surface area contributed by atoms with E-state index in [0.29, 0.717) is 5.02 Å². The van der Waals surface area contributed by atoms with E-state index < -0.39 is 0 Å². The predicted octanol–water partition coefficient (Wildman–Crippen LogP) is 5.31. The minimum atomic E-state index is -0.256. The summed E-state index contributed by atoms with van der Waals surface area (Å²) >= 11 is 6.40. The van der Waals surface area contributed by atoms with Crippen LogP contribution in [0.1, 0.15) is 17.2 Å². The average Bonchev–Trinajstić information content (AvgIpc) is 3.30. The quantitative estimate of drug-likeness (QED) is 0.531. The Kier molecular flexibility index (Phi) is 4.12. The fourth-order valence-electron chi connectivity index (χ4n) is 3.09. The summed E-state index contributed by atoms with van der Waals surface area (Å²) in [5.41, 5.74) is 3.96. The molecule has 1 N–H and O–H groups in total. The summed E-state index contributed by atoms with van der Waals surface area (Å²) in [6.07, 6.45) is 9.28. The fraction of sp³-hybridized carbons (Fsp3) is 0.0500. The second kappa shape index (κ2) is 6.57. The number of hydrogen-bond acceptors (Lipinski definition) is 1. The van der Waals surface area contributed by atoms with Crippen molar-refractivity contribution in [3.8, 4) is 11.1 Å². The number of nitrogens with one attached hydrogen (secondary N) is 1. The van der Waals surface area contributed by atoms with Crippen molar-refractivity contribution in [2.75, 3.05) is 0 Å². The molecular weight excluding hydrogens is 337 g/mol. The van der Waals surface area contributed by atoms with Gasteiger partial charge in [0.1, 0.15) is 5.82 Å². The molecule has 124 valence electrons. The Bertz CT molecular complexity index is 974. The standard InChI is InChI=1S/C20H15ClFN3/c21-19-4-2-1-3-16(19)17-11-24-12-18(17)20(25-10-9-23-13-25)14-5-7-15(22)8-6-14/h1-13,20,24H. The highest BCUT2D eigenvalue weighted by Gasteiger charge is 2.21. The number of aromatic amines is 1. The summed E-state index contributed by atoms with van der Waals surface area (Å²) < 4.78 is 15.4. The molecule has 0 bridgehead atoms. The molecule has 1 unspecified atom stereocenters. The van der Waals surface area contributed by atoms with Crippen LogP contribution in [0, 0.1) is 5.82 Å². The van der Waals surface area contributed by atoms with E-state index in [1.807, 2.05) is 47.4 Å². The SMILES string of the molecule is Fc1ccc(C(c2c[nH]cc2-c2ccccc2Cl)n2ccnc2)cc1. The van der Waals surface area contributed by atoms with Crippen LogP contribution in [0.15, 0.2) is 79.6 Å². The lowest BCUT2D eigenvalue weighted by Crippen LogP contribution is -2.11. The second-order valence-corrected chi connectivity index (χ2v) is 6.18. The summed E-state index contributed by atoms with van der Waals surface area (Å²) in [6.45, 7) is 0. The van der Waals surface area contributed by atoms with Crippen molar-refractivity contribution in [2.24, 2.45) is 0 Å². The first kappa shape index (κ1) is 15.7. The van der Waals surface area contributed by atoms with Gasteiger partial charge in [-0.3, -0.25) is 0 Å². The minimum absolute atomic E-state index is 0.138. The Morgan fingerprint density at radius 2 is 1.80 bits per heavy atom. The topological polar surface area (TPSA) is 33.6 Å². The third kappa shape index (κ3) is 2.96. The highest BCUT2D eigenvalue weighted by Crippen LogP contribution is 2.37. The molecular formula is C20H15ClFN3. The number of aromatic nitrogens is 3. The highest BCUT2D eigenvalue weighted by molar-refractivity contribution is 6.33. The summed E-state index contributed by atoms with van der Waals surface area (Å²) in [5.74, 6) is -0.256. The number of benzene rings is 2. The molecule has 0 saturated carbocycles. The molecule has 25 heavy (non-hydrogen) atoms. The summed E-state index contributed by atoms with van der Waals surface area (Å²) in [4.78, 5) is 7.35. The molecule has 4 rings (SSSR count). The highest BCUT2D eigenvalue weighted by atomic mass is 35.5. The number of imidazole rings is 1. The molecule has 5 heteroatoms. The molecule has 4 aromatic rings. The van der Waals surface area contributed by atoms with Crippen LogP contribution in [0.25, 0.3) is 11.1 Å². The van der Waals surface area contributed by atoms with Crippen LogP contribution in [-0.4, -0.2) is 14.5 Å². The lowest BCUT2D eigenvalue weighted by molar-refractivity contribution is 0.622. The van der Waals surface area contributed by atoms with Crippen molar-refractivity contribution >= 4 is 11.6 Å². The Balaban J connectivity index is 1.89. The van der Waals surface area contributed by atoms with E-state index in [0.717, 1.165) is 22.3 Å². The molecule has 3 nitrogen and oxygen atoms in total. The van der Waals surface area contributed by atoms with E-state index >= 15 is 0 Å². The summed E-state index contributed by atoms with van der Waals surface area (Å²) in [7, 11) is 0. The number of hydrogen-bond donors (Lipinski definition) is 1. The van der Waals surface area contributed by atoms with E-state index in [4.69, 9.17) is 11.6 Å². The van der Waals surface area contributed by atoms with Gasteiger partial charge >= 0.3 is 0 Å².